The summed E-state index contributed by atoms with van der Waals surface area (Å²) in [5.74, 6) is 0.919. The Hall–Kier alpha value is -3.62. The van der Waals surface area contributed by atoms with E-state index in [-0.39, 0.29) is 23.3 Å². The fourth-order valence-corrected chi connectivity index (χ4v) is 4.70. The number of aromatic amines is 1. The molecule has 0 bridgehead atoms. The molecule has 1 aliphatic heterocycles. The van der Waals surface area contributed by atoms with E-state index in [4.69, 9.17) is 10.2 Å². The maximum Gasteiger partial charge on any atom is 0.292 e. The molecule has 3 N–H and O–H groups in total. The minimum atomic E-state index is -0.406. The number of nitrogen functional groups attached to an aromatic ring is 1. The summed E-state index contributed by atoms with van der Waals surface area (Å²) in [4.78, 5) is 26.8. The lowest BCUT2D eigenvalue weighted by Crippen LogP contribution is -2.40. The van der Waals surface area contributed by atoms with Gasteiger partial charge in [-0.25, -0.2) is 5.10 Å². The van der Waals surface area contributed by atoms with Crippen LogP contribution in [0.4, 0.5) is 5.82 Å². The van der Waals surface area contributed by atoms with E-state index in [0.717, 1.165) is 41.5 Å². The van der Waals surface area contributed by atoms with Crippen LogP contribution in [-0.4, -0.2) is 43.9 Å². The maximum absolute atomic E-state index is 12.6. The van der Waals surface area contributed by atoms with Crippen LogP contribution in [0.15, 0.2) is 27.4 Å². The first-order chi connectivity index (χ1) is 15.4. The normalized spacial score (nSPS) is 16.8. The zero-order valence-corrected chi connectivity index (χ0v) is 18.4. The van der Waals surface area contributed by atoms with Gasteiger partial charge in [-0.05, 0) is 38.8 Å². The van der Waals surface area contributed by atoms with Gasteiger partial charge < -0.3 is 15.1 Å². The molecule has 1 fully saturated rings. The lowest BCUT2D eigenvalue weighted by atomic mass is 10.0. The summed E-state index contributed by atoms with van der Waals surface area (Å²) in [5.41, 5.74) is 9.52. The van der Waals surface area contributed by atoms with E-state index < -0.39 is 5.56 Å². The average Bonchev–Trinajstić information content (AvgIpc) is 3.35. The van der Waals surface area contributed by atoms with Crippen molar-refractivity contribution in [1.82, 2.24) is 24.9 Å². The van der Waals surface area contributed by atoms with Crippen molar-refractivity contribution in [3.05, 3.63) is 39.7 Å². The number of hydrogen-bond acceptors (Lipinski definition) is 6. The molecule has 0 spiro atoms. The molecule has 1 unspecified atom stereocenters. The second-order valence-corrected chi connectivity index (χ2v) is 8.50. The van der Waals surface area contributed by atoms with E-state index >= 15 is 0 Å². The number of nitrogens with zero attached hydrogens (tertiary/aromatic N) is 4. The first kappa shape index (κ1) is 20.3. The highest BCUT2D eigenvalue weighted by molar-refractivity contribution is 6.01. The van der Waals surface area contributed by atoms with Crippen molar-refractivity contribution in [3.63, 3.8) is 0 Å². The highest BCUT2D eigenvalue weighted by Gasteiger charge is 2.31. The van der Waals surface area contributed by atoms with Gasteiger partial charge in [0.15, 0.2) is 17.1 Å². The van der Waals surface area contributed by atoms with Crippen molar-refractivity contribution in [1.29, 1.82) is 0 Å². The monoisotopic (exact) mass is 434 g/mol. The molecule has 4 aromatic rings. The lowest BCUT2D eigenvalue weighted by molar-refractivity contribution is -0.132. The van der Waals surface area contributed by atoms with E-state index in [9.17, 15) is 9.59 Å². The molecular weight excluding hydrogens is 408 g/mol. The SMILES string of the molecule is CCC(=O)N1CCCC(n2nc3c(=O)[nH]nc(N)c3c2-c2oc3ccc(C)cc3c2C)C1. The van der Waals surface area contributed by atoms with Crippen LogP contribution < -0.4 is 11.3 Å². The zero-order valence-electron chi connectivity index (χ0n) is 18.4. The highest BCUT2D eigenvalue weighted by Crippen LogP contribution is 2.40. The minimum Gasteiger partial charge on any atom is -0.454 e. The Labute approximate surface area is 184 Å². The molecule has 9 heteroatoms. The van der Waals surface area contributed by atoms with Crippen LogP contribution in [0.1, 0.15) is 43.4 Å². The summed E-state index contributed by atoms with van der Waals surface area (Å²) >= 11 is 0. The summed E-state index contributed by atoms with van der Waals surface area (Å²) in [6, 6.07) is 5.92. The standard InChI is InChI=1S/C23H26N6O3/c1-4-17(30)28-9-5-6-14(11-28)29-20(18-19(27-29)23(31)26-25-22(18)24)21-13(3)15-10-12(2)7-8-16(15)32-21/h7-8,10,14H,4-6,9,11H2,1-3H3,(H2,24,25)(H,26,31). The third-order valence-corrected chi connectivity index (χ3v) is 6.36. The second kappa shape index (κ2) is 7.51. The summed E-state index contributed by atoms with van der Waals surface area (Å²) < 4.78 is 8.12. The number of benzene rings is 1. The molecule has 3 aromatic heterocycles. The Morgan fingerprint density at radius 2 is 2.16 bits per heavy atom. The van der Waals surface area contributed by atoms with E-state index in [0.29, 0.717) is 29.8 Å². The number of likely N-dealkylation sites (tertiary alicyclic amines) is 1. The van der Waals surface area contributed by atoms with Crippen molar-refractivity contribution in [3.8, 4) is 11.5 Å². The van der Waals surface area contributed by atoms with E-state index in [1.165, 1.54) is 0 Å². The van der Waals surface area contributed by atoms with Crippen LogP contribution in [0.5, 0.6) is 0 Å². The van der Waals surface area contributed by atoms with Crippen LogP contribution in [0.25, 0.3) is 33.3 Å². The Bertz CT molecular complexity index is 1410. The molecule has 0 aliphatic carbocycles. The molecule has 1 aromatic carbocycles. The Kier molecular flexibility index (Phi) is 4.76. The third-order valence-electron chi connectivity index (χ3n) is 6.36. The number of nitrogens with two attached hydrogens (primary N) is 1. The van der Waals surface area contributed by atoms with Gasteiger partial charge in [0.1, 0.15) is 11.3 Å². The number of fused-ring (bicyclic) bond motifs is 2. The van der Waals surface area contributed by atoms with Crippen LogP contribution in [0.2, 0.25) is 0 Å². The van der Waals surface area contributed by atoms with Gasteiger partial charge in [-0.3, -0.25) is 14.3 Å². The predicted octanol–water partition coefficient (Wildman–Crippen LogP) is 3.31. The molecule has 1 aliphatic rings. The largest absolute Gasteiger partial charge is 0.454 e. The molecule has 4 heterocycles. The number of carbonyl (C=O) groups is 1. The molecule has 166 valence electrons. The number of aromatic nitrogens is 4. The van der Waals surface area contributed by atoms with Crippen LogP contribution in [0, 0.1) is 13.8 Å². The quantitative estimate of drug-likeness (QED) is 0.510. The molecule has 1 saturated heterocycles. The molecular formula is C23H26N6O3. The van der Waals surface area contributed by atoms with Gasteiger partial charge in [0.05, 0.1) is 11.4 Å². The smallest absolute Gasteiger partial charge is 0.292 e. The Morgan fingerprint density at radius 1 is 1.34 bits per heavy atom. The molecule has 1 atom stereocenters. The lowest BCUT2D eigenvalue weighted by Gasteiger charge is -2.33. The molecule has 0 radical (unpaired) electrons. The molecule has 0 saturated carbocycles. The number of piperidine rings is 1. The molecule has 9 nitrogen and oxygen atoms in total. The Morgan fingerprint density at radius 3 is 2.94 bits per heavy atom. The van der Waals surface area contributed by atoms with Gasteiger partial charge >= 0.3 is 0 Å². The van der Waals surface area contributed by atoms with Crippen molar-refractivity contribution in [2.45, 2.75) is 46.1 Å². The number of H-pyrrole nitrogens is 1. The van der Waals surface area contributed by atoms with Gasteiger partial charge in [-0.1, -0.05) is 18.6 Å². The van der Waals surface area contributed by atoms with E-state index in [1.54, 1.807) is 0 Å². The highest BCUT2D eigenvalue weighted by atomic mass is 16.3. The molecule has 5 rings (SSSR count). The summed E-state index contributed by atoms with van der Waals surface area (Å²) in [7, 11) is 0. The van der Waals surface area contributed by atoms with Crippen molar-refractivity contribution < 1.29 is 9.21 Å². The van der Waals surface area contributed by atoms with Gasteiger partial charge in [0.25, 0.3) is 5.56 Å². The molecule has 32 heavy (non-hydrogen) atoms. The maximum atomic E-state index is 12.6. The van der Waals surface area contributed by atoms with E-state index in [2.05, 4.69) is 21.4 Å². The topological polar surface area (TPSA) is 123 Å². The summed E-state index contributed by atoms with van der Waals surface area (Å²) in [6.45, 7) is 7.15. The van der Waals surface area contributed by atoms with Crippen LogP contribution >= 0.6 is 0 Å². The predicted molar refractivity (Wildman–Crippen MR) is 122 cm³/mol. The van der Waals surface area contributed by atoms with Gasteiger partial charge in [-0.15, -0.1) is 0 Å². The number of rotatable bonds is 3. The number of carbonyl (C=O) groups excluding carboxylic acids is 1. The number of aryl methyl sites for hydroxylation is 2. The van der Waals surface area contributed by atoms with Gasteiger partial charge in [-0.2, -0.15) is 10.2 Å². The fraction of sp³-hybridized carbons (Fsp3) is 0.391. The summed E-state index contributed by atoms with van der Waals surface area (Å²) in [6.07, 6.45) is 2.14. The van der Waals surface area contributed by atoms with Crippen molar-refractivity contribution in [2.75, 3.05) is 18.8 Å². The first-order valence-corrected chi connectivity index (χ1v) is 10.9. The minimum absolute atomic E-state index is 0.102. The number of nitrogens with one attached hydrogen (secondary N) is 1. The third kappa shape index (κ3) is 3.07. The van der Waals surface area contributed by atoms with Crippen molar-refractivity contribution in [2.24, 2.45) is 0 Å². The average molecular weight is 435 g/mol. The fourth-order valence-electron chi connectivity index (χ4n) is 4.70. The second-order valence-electron chi connectivity index (χ2n) is 8.50. The van der Waals surface area contributed by atoms with Gasteiger partial charge in [0.2, 0.25) is 5.91 Å². The number of furan rings is 1. The zero-order chi connectivity index (χ0) is 22.6. The number of amides is 1. The summed E-state index contributed by atoms with van der Waals surface area (Å²) in [5, 5.41) is 12.6. The number of anilines is 1. The Balaban J connectivity index is 1.77. The molecule has 1 amide bonds. The van der Waals surface area contributed by atoms with Crippen molar-refractivity contribution >= 4 is 33.6 Å². The first-order valence-electron chi connectivity index (χ1n) is 10.9. The van der Waals surface area contributed by atoms with Crippen LogP contribution in [0.3, 0.4) is 0 Å². The number of hydrogen-bond donors (Lipinski definition) is 2. The van der Waals surface area contributed by atoms with E-state index in [1.807, 2.05) is 42.5 Å². The van der Waals surface area contributed by atoms with Gasteiger partial charge in [0, 0.05) is 30.5 Å². The van der Waals surface area contributed by atoms with Crippen LogP contribution in [-0.2, 0) is 4.79 Å².